The molecule has 1 aliphatic heterocycles. The Labute approximate surface area is 438 Å². The van der Waals surface area contributed by atoms with E-state index in [1.54, 1.807) is 0 Å². The quantitative estimate of drug-likeness (QED) is 0.0261. The van der Waals surface area contributed by atoms with Crippen LogP contribution in [-0.4, -0.2) is 87.5 Å². The maximum Gasteiger partial charge on any atom is 0.220 e. The van der Waals surface area contributed by atoms with E-state index in [4.69, 9.17) is 9.47 Å². The lowest BCUT2D eigenvalue weighted by Gasteiger charge is -2.40. The first-order valence-corrected chi connectivity index (χ1v) is 30.7. The highest BCUT2D eigenvalue weighted by Gasteiger charge is 2.44. The predicted molar refractivity (Wildman–Crippen MR) is 300 cm³/mol. The van der Waals surface area contributed by atoms with E-state index in [0.717, 1.165) is 51.4 Å². The minimum Gasteiger partial charge on any atom is -0.394 e. The Kier molecular flexibility index (Phi) is 49.3. The van der Waals surface area contributed by atoms with Gasteiger partial charge in [0.2, 0.25) is 5.91 Å². The van der Waals surface area contributed by atoms with Crippen LogP contribution in [0, 0.1) is 0 Å². The number of allylic oxidation sites excluding steroid dienone is 6. The Balaban J connectivity index is 1.98. The second-order valence-corrected chi connectivity index (χ2v) is 21.5. The number of unbranched alkanes of at least 4 members (excludes halogenated alkanes) is 37. The molecule has 71 heavy (non-hydrogen) atoms. The summed E-state index contributed by atoms with van der Waals surface area (Å²) in [5, 5.41) is 54.4. The molecular formula is C62H117NO8. The molecule has 418 valence electrons. The number of hydrogen-bond donors (Lipinski definition) is 6. The molecule has 7 atom stereocenters. The molecule has 0 aromatic heterocycles. The Morgan fingerprint density at radius 1 is 0.479 bits per heavy atom. The van der Waals surface area contributed by atoms with Gasteiger partial charge >= 0.3 is 0 Å². The van der Waals surface area contributed by atoms with Crippen molar-refractivity contribution < 1.29 is 39.8 Å². The minimum absolute atomic E-state index is 0.135. The molecule has 7 unspecified atom stereocenters. The van der Waals surface area contributed by atoms with E-state index in [1.165, 1.54) is 218 Å². The van der Waals surface area contributed by atoms with Crippen LogP contribution in [0.1, 0.15) is 296 Å². The molecule has 1 fully saturated rings. The summed E-state index contributed by atoms with van der Waals surface area (Å²) in [6.07, 6.45) is 60.9. The third-order valence-corrected chi connectivity index (χ3v) is 14.7. The van der Waals surface area contributed by atoms with Crippen LogP contribution in [0.2, 0.25) is 0 Å². The highest BCUT2D eigenvalue weighted by atomic mass is 16.7. The molecule has 0 spiro atoms. The Morgan fingerprint density at radius 2 is 0.831 bits per heavy atom. The van der Waals surface area contributed by atoms with Crippen molar-refractivity contribution in [2.75, 3.05) is 13.2 Å². The molecular weight excluding hydrogens is 887 g/mol. The van der Waals surface area contributed by atoms with Crippen LogP contribution in [0.25, 0.3) is 0 Å². The van der Waals surface area contributed by atoms with Gasteiger partial charge in [0.1, 0.15) is 24.4 Å². The summed E-state index contributed by atoms with van der Waals surface area (Å²) < 4.78 is 11.3. The zero-order valence-electron chi connectivity index (χ0n) is 46.5. The van der Waals surface area contributed by atoms with Crippen LogP contribution < -0.4 is 5.32 Å². The number of carbonyl (C=O) groups is 1. The van der Waals surface area contributed by atoms with Crippen LogP contribution in [0.15, 0.2) is 36.5 Å². The standard InChI is InChI=1S/C62H117NO8/c1-3-5-7-9-11-13-14-15-16-17-18-19-20-21-22-23-24-25-26-27-28-29-30-31-32-33-34-35-36-37-38-39-40-41-42-44-46-48-50-52-58(66)63-55(56(65)51-49-47-45-43-12-10-8-6-4-2)54-70-62-61(69)60(68)59(67)57(53-64)71-62/h14-15,17-18,20-21,55-57,59-62,64-65,67-69H,3-13,16,19,22-54H2,1-2H3,(H,63,66)/b15-14-,18-17-,21-20-. The van der Waals surface area contributed by atoms with Gasteiger partial charge in [-0.1, -0.05) is 275 Å². The summed E-state index contributed by atoms with van der Waals surface area (Å²) in [5.74, 6) is -0.142. The summed E-state index contributed by atoms with van der Waals surface area (Å²) in [5.41, 5.74) is 0. The van der Waals surface area contributed by atoms with Gasteiger partial charge in [-0.05, 0) is 51.4 Å². The van der Waals surface area contributed by atoms with Crippen molar-refractivity contribution >= 4 is 5.91 Å². The number of carbonyl (C=O) groups excluding carboxylic acids is 1. The van der Waals surface area contributed by atoms with Crippen molar-refractivity contribution in [3.05, 3.63) is 36.5 Å². The highest BCUT2D eigenvalue weighted by Crippen LogP contribution is 2.23. The second kappa shape index (κ2) is 51.9. The summed E-state index contributed by atoms with van der Waals surface area (Å²) in [4.78, 5) is 13.0. The SMILES string of the molecule is CCCCCCC/C=C\C/C=C\C/C=C\CCCCCCCCCCCCCCCCCCCCCCCCCCC(=O)NC(COC1OC(CO)C(O)C(O)C1O)C(O)CCCCCCCCCCC. The van der Waals surface area contributed by atoms with Crippen molar-refractivity contribution in [2.45, 2.75) is 339 Å². The molecule has 0 aliphatic carbocycles. The largest absolute Gasteiger partial charge is 0.394 e. The monoisotopic (exact) mass is 1000 g/mol. The minimum atomic E-state index is -1.55. The average molecular weight is 1000 g/mol. The third-order valence-electron chi connectivity index (χ3n) is 14.7. The average Bonchev–Trinajstić information content (AvgIpc) is 3.37. The predicted octanol–water partition coefficient (Wildman–Crippen LogP) is 15.5. The number of aliphatic hydroxyl groups is 5. The number of aliphatic hydroxyl groups excluding tert-OH is 5. The summed E-state index contributed by atoms with van der Waals surface area (Å²) in [7, 11) is 0. The van der Waals surface area contributed by atoms with Gasteiger partial charge in [-0.25, -0.2) is 0 Å². The zero-order chi connectivity index (χ0) is 51.5. The van der Waals surface area contributed by atoms with E-state index in [2.05, 4.69) is 55.6 Å². The maximum atomic E-state index is 13.0. The Morgan fingerprint density at radius 3 is 1.23 bits per heavy atom. The lowest BCUT2D eigenvalue weighted by Crippen LogP contribution is -2.60. The molecule has 0 aromatic carbocycles. The molecule has 1 rings (SSSR count). The molecule has 0 aromatic rings. The number of rotatable bonds is 53. The first-order valence-electron chi connectivity index (χ1n) is 30.7. The third kappa shape index (κ3) is 41.4. The Hall–Kier alpha value is -1.59. The number of nitrogens with one attached hydrogen (secondary N) is 1. The fraction of sp³-hybridized carbons (Fsp3) is 0.887. The first-order chi connectivity index (χ1) is 34.8. The molecule has 0 radical (unpaired) electrons. The van der Waals surface area contributed by atoms with Crippen LogP contribution in [-0.2, 0) is 14.3 Å². The molecule has 6 N–H and O–H groups in total. The number of hydrogen-bond acceptors (Lipinski definition) is 8. The molecule has 1 saturated heterocycles. The maximum absolute atomic E-state index is 13.0. The molecule has 0 saturated carbocycles. The van der Waals surface area contributed by atoms with Crippen LogP contribution in [0.3, 0.4) is 0 Å². The molecule has 9 heteroatoms. The summed E-state index contributed by atoms with van der Waals surface area (Å²) in [6, 6.07) is -0.714. The van der Waals surface area contributed by atoms with E-state index in [-0.39, 0.29) is 12.5 Å². The van der Waals surface area contributed by atoms with Gasteiger partial charge in [0.15, 0.2) is 6.29 Å². The molecule has 1 aliphatic rings. The van der Waals surface area contributed by atoms with Gasteiger partial charge in [0, 0.05) is 6.42 Å². The van der Waals surface area contributed by atoms with E-state index in [0.29, 0.717) is 12.8 Å². The Bertz CT molecular complexity index is 1210. The van der Waals surface area contributed by atoms with Gasteiger partial charge in [0.25, 0.3) is 0 Å². The van der Waals surface area contributed by atoms with Crippen LogP contribution >= 0.6 is 0 Å². The van der Waals surface area contributed by atoms with E-state index in [1.807, 2.05) is 0 Å². The molecule has 1 heterocycles. The van der Waals surface area contributed by atoms with Crippen LogP contribution in [0.5, 0.6) is 0 Å². The fourth-order valence-electron chi connectivity index (χ4n) is 9.88. The van der Waals surface area contributed by atoms with Gasteiger partial charge in [0.05, 0.1) is 25.4 Å². The van der Waals surface area contributed by atoms with Crippen LogP contribution in [0.4, 0.5) is 0 Å². The first kappa shape index (κ1) is 67.4. The van der Waals surface area contributed by atoms with E-state index in [9.17, 15) is 30.3 Å². The molecule has 1 amide bonds. The fourth-order valence-corrected chi connectivity index (χ4v) is 9.88. The summed E-state index contributed by atoms with van der Waals surface area (Å²) in [6.45, 7) is 3.81. The lowest BCUT2D eigenvalue weighted by molar-refractivity contribution is -0.302. The van der Waals surface area contributed by atoms with Crippen molar-refractivity contribution in [3.63, 3.8) is 0 Å². The summed E-state index contributed by atoms with van der Waals surface area (Å²) >= 11 is 0. The van der Waals surface area contributed by atoms with Gasteiger partial charge in [-0.15, -0.1) is 0 Å². The van der Waals surface area contributed by atoms with Crippen molar-refractivity contribution in [1.82, 2.24) is 5.32 Å². The van der Waals surface area contributed by atoms with Crippen molar-refractivity contribution in [1.29, 1.82) is 0 Å². The topological polar surface area (TPSA) is 149 Å². The smallest absolute Gasteiger partial charge is 0.220 e. The number of amides is 1. The molecule has 0 bridgehead atoms. The second-order valence-electron chi connectivity index (χ2n) is 21.5. The van der Waals surface area contributed by atoms with E-state index >= 15 is 0 Å². The van der Waals surface area contributed by atoms with Crippen molar-refractivity contribution in [2.24, 2.45) is 0 Å². The number of ether oxygens (including phenoxy) is 2. The van der Waals surface area contributed by atoms with Gasteiger partial charge < -0.3 is 40.3 Å². The van der Waals surface area contributed by atoms with E-state index < -0.39 is 49.5 Å². The van der Waals surface area contributed by atoms with Crippen molar-refractivity contribution in [3.8, 4) is 0 Å². The highest BCUT2D eigenvalue weighted by molar-refractivity contribution is 5.76. The van der Waals surface area contributed by atoms with Gasteiger partial charge in [-0.3, -0.25) is 4.79 Å². The normalized spacial score (nSPS) is 19.5. The lowest BCUT2D eigenvalue weighted by atomic mass is 9.99. The zero-order valence-corrected chi connectivity index (χ0v) is 46.5. The molecule has 9 nitrogen and oxygen atoms in total. The van der Waals surface area contributed by atoms with Gasteiger partial charge in [-0.2, -0.15) is 0 Å².